The summed E-state index contributed by atoms with van der Waals surface area (Å²) in [5.74, 6) is 0. The summed E-state index contributed by atoms with van der Waals surface area (Å²) in [6.07, 6.45) is 3.26. The average molecular weight is 346 g/mol. The summed E-state index contributed by atoms with van der Waals surface area (Å²) in [5.41, 5.74) is 3.40. The van der Waals surface area contributed by atoms with Crippen molar-refractivity contribution in [2.45, 2.75) is 37.1 Å². The zero-order valence-electron chi connectivity index (χ0n) is 13.2. The summed E-state index contributed by atoms with van der Waals surface area (Å²) in [6.45, 7) is 1.79. The minimum absolute atomic E-state index is 0.0149. The Morgan fingerprint density at radius 3 is 2.42 bits per heavy atom. The number of sulfonamides is 1. The van der Waals surface area contributed by atoms with E-state index in [1.165, 1.54) is 35.4 Å². The van der Waals surface area contributed by atoms with Crippen LogP contribution in [0.5, 0.6) is 0 Å². The molecule has 24 heavy (non-hydrogen) atoms. The molecule has 1 N–H and O–H groups in total. The second kappa shape index (κ2) is 6.33. The molecule has 7 heteroatoms. The molecule has 1 aliphatic rings. The van der Waals surface area contributed by atoms with Crippen LogP contribution in [-0.2, 0) is 22.9 Å². The summed E-state index contributed by atoms with van der Waals surface area (Å²) >= 11 is 0. The number of aryl methyl sites for hydroxylation is 2. The molecule has 0 fully saturated rings. The van der Waals surface area contributed by atoms with Crippen molar-refractivity contribution in [3.05, 3.63) is 69.3 Å². The monoisotopic (exact) mass is 346 g/mol. The number of rotatable bonds is 5. The molecule has 0 aliphatic heterocycles. The van der Waals surface area contributed by atoms with Gasteiger partial charge in [-0.2, -0.15) is 0 Å². The van der Waals surface area contributed by atoms with E-state index in [1.807, 2.05) is 6.07 Å². The zero-order valence-corrected chi connectivity index (χ0v) is 14.0. The van der Waals surface area contributed by atoms with Crippen molar-refractivity contribution in [2.24, 2.45) is 0 Å². The van der Waals surface area contributed by atoms with Crippen LogP contribution in [0.2, 0.25) is 0 Å². The van der Waals surface area contributed by atoms with Gasteiger partial charge in [0.15, 0.2) is 0 Å². The molecule has 1 aliphatic carbocycles. The van der Waals surface area contributed by atoms with E-state index in [1.54, 1.807) is 6.92 Å². The Morgan fingerprint density at radius 2 is 1.75 bits per heavy atom. The van der Waals surface area contributed by atoms with E-state index in [2.05, 4.69) is 16.9 Å². The zero-order chi connectivity index (χ0) is 17.3. The van der Waals surface area contributed by atoms with Crippen molar-refractivity contribution in [1.82, 2.24) is 4.72 Å². The fraction of sp³-hybridized carbons (Fsp3) is 0.294. The Bertz CT molecular complexity index is 876. The third kappa shape index (κ3) is 3.32. The Kier molecular flexibility index (Phi) is 4.38. The molecule has 3 rings (SSSR count). The number of hydrogen-bond acceptors (Lipinski definition) is 4. The molecule has 1 unspecified atom stereocenters. The van der Waals surface area contributed by atoms with Gasteiger partial charge < -0.3 is 0 Å². The molecule has 0 amide bonds. The van der Waals surface area contributed by atoms with E-state index in [0.29, 0.717) is 0 Å². The summed E-state index contributed by atoms with van der Waals surface area (Å²) in [6, 6.07) is 10.6. The predicted octanol–water partition coefficient (Wildman–Crippen LogP) is 3.12. The normalized spacial score (nSPS) is 15.0. The highest BCUT2D eigenvalue weighted by molar-refractivity contribution is 7.89. The van der Waals surface area contributed by atoms with Crippen LogP contribution in [0, 0.1) is 10.1 Å². The maximum absolute atomic E-state index is 12.4. The van der Waals surface area contributed by atoms with Crippen molar-refractivity contribution >= 4 is 15.7 Å². The standard InChI is InChI=1S/C17H18N2O4S/c1-12(14-6-5-13-3-2-4-15(13)11-14)18-24(22,23)17-9-7-16(8-10-17)19(20)21/h5-12,18H,2-4H2,1H3. The van der Waals surface area contributed by atoms with E-state index in [9.17, 15) is 18.5 Å². The van der Waals surface area contributed by atoms with Crippen LogP contribution in [0.3, 0.4) is 0 Å². The van der Waals surface area contributed by atoms with E-state index in [4.69, 9.17) is 0 Å². The van der Waals surface area contributed by atoms with E-state index < -0.39 is 14.9 Å². The molecule has 2 aromatic carbocycles. The Labute approximate surface area is 140 Å². The van der Waals surface area contributed by atoms with Crippen LogP contribution in [0.1, 0.15) is 36.1 Å². The first-order chi connectivity index (χ1) is 11.4. The van der Waals surface area contributed by atoms with Crippen molar-refractivity contribution in [2.75, 3.05) is 0 Å². The highest BCUT2D eigenvalue weighted by Gasteiger charge is 2.20. The first kappa shape index (κ1) is 16.6. The van der Waals surface area contributed by atoms with Gasteiger partial charge >= 0.3 is 0 Å². The SMILES string of the molecule is CC(NS(=O)(=O)c1ccc([N+](=O)[O-])cc1)c1ccc2c(c1)CCC2. The lowest BCUT2D eigenvalue weighted by Gasteiger charge is -2.16. The van der Waals surface area contributed by atoms with Crippen LogP contribution < -0.4 is 4.72 Å². The van der Waals surface area contributed by atoms with Crippen molar-refractivity contribution in [3.63, 3.8) is 0 Å². The Balaban J connectivity index is 1.79. The molecule has 0 bridgehead atoms. The van der Waals surface area contributed by atoms with Crippen molar-refractivity contribution in [3.8, 4) is 0 Å². The van der Waals surface area contributed by atoms with Gasteiger partial charge in [-0.05, 0) is 55.0 Å². The fourth-order valence-corrected chi connectivity index (χ4v) is 4.21. The Morgan fingerprint density at radius 1 is 1.08 bits per heavy atom. The molecule has 0 aromatic heterocycles. The quantitative estimate of drug-likeness (QED) is 0.665. The third-order valence-corrected chi connectivity index (χ3v) is 5.87. The van der Waals surface area contributed by atoms with Crippen LogP contribution >= 0.6 is 0 Å². The first-order valence-electron chi connectivity index (χ1n) is 7.75. The molecule has 126 valence electrons. The average Bonchev–Trinajstić information content (AvgIpc) is 3.02. The maximum atomic E-state index is 12.4. The molecule has 0 saturated carbocycles. The van der Waals surface area contributed by atoms with Crippen LogP contribution in [0.15, 0.2) is 47.4 Å². The van der Waals surface area contributed by atoms with Gasteiger partial charge in [0.2, 0.25) is 10.0 Å². The molecular weight excluding hydrogens is 328 g/mol. The largest absolute Gasteiger partial charge is 0.269 e. The van der Waals surface area contributed by atoms with Gasteiger partial charge in [-0.25, -0.2) is 13.1 Å². The summed E-state index contributed by atoms with van der Waals surface area (Å²) in [4.78, 5) is 10.1. The topological polar surface area (TPSA) is 89.3 Å². The molecule has 6 nitrogen and oxygen atoms in total. The highest BCUT2D eigenvalue weighted by atomic mass is 32.2. The molecule has 0 saturated heterocycles. The minimum atomic E-state index is -3.74. The number of benzene rings is 2. The van der Waals surface area contributed by atoms with Crippen LogP contribution in [0.4, 0.5) is 5.69 Å². The number of hydrogen-bond donors (Lipinski definition) is 1. The van der Waals surface area contributed by atoms with Gasteiger partial charge in [0.05, 0.1) is 9.82 Å². The van der Waals surface area contributed by atoms with Crippen LogP contribution in [0.25, 0.3) is 0 Å². The number of nitrogens with zero attached hydrogens (tertiary/aromatic N) is 1. The van der Waals surface area contributed by atoms with Crippen molar-refractivity contribution in [1.29, 1.82) is 0 Å². The molecule has 0 heterocycles. The van der Waals surface area contributed by atoms with Gasteiger partial charge in [-0.1, -0.05) is 18.2 Å². The molecule has 0 radical (unpaired) electrons. The molecular formula is C17H18N2O4S. The third-order valence-electron chi connectivity index (χ3n) is 4.31. The van der Waals surface area contributed by atoms with Gasteiger partial charge in [-0.3, -0.25) is 10.1 Å². The van der Waals surface area contributed by atoms with Gasteiger partial charge in [0, 0.05) is 18.2 Å². The second-order valence-electron chi connectivity index (χ2n) is 5.98. The number of nitrogens with one attached hydrogen (secondary N) is 1. The van der Waals surface area contributed by atoms with E-state index in [-0.39, 0.29) is 16.6 Å². The summed E-state index contributed by atoms with van der Waals surface area (Å²) in [7, 11) is -3.74. The smallest absolute Gasteiger partial charge is 0.258 e. The number of fused-ring (bicyclic) bond motifs is 1. The molecule has 2 aromatic rings. The molecule has 1 atom stereocenters. The number of non-ortho nitro benzene ring substituents is 1. The van der Waals surface area contributed by atoms with Crippen LogP contribution in [-0.4, -0.2) is 13.3 Å². The lowest BCUT2D eigenvalue weighted by Crippen LogP contribution is -2.27. The lowest BCUT2D eigenvalue weighted by atomic mass is 10.0. The summed E-state index contributed by atoms with van der Waals surface area (Å²) in [5, 5.41) is 10.7. The fourth-order valence-electron chi connectivity index (χ4n) is 2.98. The molecule has 0 spiro atoms. The van der Waals surface area contributed by atoms with Gasteiger partial charge in [0.25, 0.3) is 5.69 Å². The maximum Gasteiger partial charge on any atom is 0.269 e. The highest BCUT2D eigenvalue weighted by Crippen LogP contribution is 2.26. The minimum Gasteiger partial charge on any atom is -0.258 e. The Hall–Kier alpha value is -2.25. The number of nitro groups is 1. The first-order valence-corrected chi connectivity index (χ1v) is 9.23. The van der Waals surface area contributed by atoms with E-state index in [0.717, 1.165) is 24.8 Å². The number of nitro benzene ring substituents is 1. The second-order valence-corrected chi connectivity index (χ2v) is 7.69. The summed E-state index contributed by atoms with van der Waals surface area (Å²) < 4.78 is 27.5. The van der Waals surface area contributed by atoms with E-state index >= 15 is 0 Å². The van der Waals surface area contributed by atoms with Gasteiger partial charge in [-0.15, -0.1) is 0 Å². The van der Waals surface area contributed by atoms with Gasteiger partial charge in [0.1, 0.15) is 0 Å². The predicted molar refractivity (Wildman–Crippen MR) is 90.3 cm³/mol. The van der Waals surface area contributed by atoms with Crippen molar-refractivity contribution < 1.29 is 13.3 Å². The lowest BCUT2D eigenvalue weighted by molar-refractivity contribution is -0.384.